The highest BCUT2D eigenvalue weighted by Gasteiger charge is 2.05. The predicted molar refractivity (Wildman–Crippen MR) is 41.2 cm³/mol. The third kappa shape index (κ3) is 2.82. The molecule has 0 saturated carbocycles. The Kier molecular flexibility index (Phi) is 3.82. The van der Waals surface area contributed by atoms with Gasteiger partial charge in [0.25, 0.3) is 0 Å². The van der Waals surface area contributed by atoms with Gasteiger partial charge in [0.05, 0.1) is 0 Å². The second-order valence-electron chi connectivity index (χ2n) is 2.64. The Labute approximate surface area is 58.4 Å². The molecule has 0 spiro atoms. The lowest BCUT2D eigenvalue weighted by Crippen LogP contribution is -2.40. The van der Waals surface area contributed by atoms with Crippen molar-refractivity contribution >= 4 is 0 Å². The summed E-state index contributed by atoms with van der Waals surface area (Å²) < 4.78 is 0. The lowest BCUT2D eigenvalue weighted by atomic mass is 10.4. The second-order valence-corrected chi connectivity index (χ2v) is 2.64. The fourth-order valence-corrected chi connectivity index (χ4v) is 0.617. The maximum atomic E-state index is 2.22. The molecule has 0 N–H and O–H groups in total. The first-order chi connectivity index (χ1) is 4.09. The average molecular weight is 130 g/mol. The summed E-state index contributed by atoms with van der Waals surface area (Å²) in [6.07, 6.45) is 0. The maximum absolute atomic E-state index is 2.22. The molecule has 0 aromatic rings. The molecule has 0 aliphatic heterocycles. The Hall–Kier alpha value is -0.0800. The minimum atomic E-state index is 0.606. The highest BCUT2D eigenvalue weighted by atomic mass is 15.6. The van der Waals surface area contributed by atoms with Gasteiger partial charge in [0.1, 0.15) is 0 Å². The fraction of sp³-hybridized carbons (Fsp3) is 1.00. The van der Waals surface area contributed by atoms with Crippen LogP contribution in [0, 0.1) is 0 Å². The molecule has 0 aliphatic carbocycles. The summed E-state index contributed by atoms with van der Waals surface area (Å²) in [5, 5.41) is 4.42. The van der Waals surface area contributed by atoms with E-state index in [1.807, 2.05) is 0 Å². The normalized spacial score (nSPS) is 12.0. The van der Waals surface area contributed by atoms with E-state index >= 15 is 0 Å². The molecule has 0 amide bonds. The second kappa shape index (κ2) is 3.85. The summed E-state index contributed by atoms with van der Waals surface area (Å²) in [5.41, 5.74) is 0. The highest BCUT2D eigenvalue weighted by molar-refractivity contribution is 4.50. The smallest absolute Gasteiger partial charge is 0.0186 e. The first kappa shape index (κ1) is 8.92. The Morgan fingerprint density at radius 3 is 1.78 bits per heavy atom. The van der Waals surface area contributed by atoms with Crippen LogP contribution in [0.2, 0.25) is 0 Å². The van der Waals surface area contributed by atoms with Gasteiger partial charge in [-0.1, -0.05) is 6.92 Å². The van der Waals surface area contributed by atoms with Crippen LogP contribution in [0.15, 0.2) is 0 Å². The van der Waals surface area contributed by atoms with Gasteiger partial charge in [0, 0.05) is 26.7 Å². The average Bonchev–Trinajstić information content (AvgIpc) is 1.84. The third-order valence-electron chi connectivity index (χ3n) is 1.74. The van der Waals surface area contributed by atoms with Crippen molar-refractivity contribution in [3.8, 4) is 0 Å². The van der Waals surface area contributed by atoms with Crippen LogP contribution in [0.4, 0.5) is 0 Å². The minimum absolute atomic E-state index is 0.606. The van der Waals surface area contributed by atoms with Gasteiger partial charge in [-0.2, -0.15) is 0 Å². The predicted octanol–water partition coefficient (Wildman–Crippen LogP) is 1.19. The lowest BCUT2D eigenvalue weighted by Gasteiger charge is -2.30. The van der Waals surface area contributed by atoms with Gasteiger partial charge in [-0.25, -0.2) is 10.0 Å². The van der Waals surface area contributed by atoms with E-state index < -0.39 is 0 Å². The molecule has 2 nitrogen and oxygen atoms in total. The zero-order chi connectivity index (χ0) is 7.44. The molecule has 0 aromatic heterocycles. The van der Waals surface area contributed by atoms with Crippen molar-refractivity contribution in [2.45, 2.75) is 26.8 Å². The first-order valence-electron chi connectivity index (χ1n) is 3.53. The molecule has 56 valence electrons. The van der Waals surface area contributed by atoms with Crippen molar-refractivity contribution in [1.29, 1.82) is 0 Å². The summed E-state index contributed by atoms with van der Waals surface area (Å²) in [4.78, 5) is 0. The van der Waals surface area contributed by atoms with Crippen LogP contribution in [0.25, 0.3) is 0 Å². The summed E-state index contributed by atoms with van der Waals surface area (Å²) >= 11 is 0. The molecule has 0 unspecified atom stereocenters. The summed E-state index contributed by atoms with van der Waals surface area (Å²) in [6, 6.07) is 0.606. The van der Waals surface area contributed by atoms with Gasteiger partial charge in [-0.05, 0) is 13.8 Å². The quantitative estimate of drug-likeness (QED) is 0.529. The van der Waals surface area contributed by atoms with Crippen molar-refractivity contribution in [2.75, 3.05) is 20.6 Å². The summed E-state index contributed by atoms with van der Waals surface area (Å²) in [7, 11) is 4.20. The zero-order valence-electron chi connectivity index (χ0n) is 7.18. The van der Waals surface area contributed by atoms with Crippen LogP contribution in [0.3, 0.4) is 0 Å². The molecule has 0 aliphatic rings. The van der Waals surface area contributed by atoms with Crippen molar-refractivity contribution in [3.05, 3.63) is 0 Å². The highest BCUT2D eigenvalue weighted by Crippen LogP contribution is 1.95. The molecule has 0 saturated heterocycles. The van der Waals surface area contributed by atoms with E-state index in [1.165, 1.54) is 0 Å². The molecule has 0 heterocycles. The Balaban J connectivity index is 3.58. The first-order valence-corrected chi connectivity index (χ1v) is 3.53. The van der Waals surface area contributed by atoms with Gasteiger partial charge in [0.15, 0.2) is 0 Å². The fourth-order valence-electron chi connectivity index (χ4n) is 0.617. The summed E-state index contributed by atoms with van der Waals surface area (Å²) in [6.45, 7) is 7.60. The number of hydrogen-bond donors (Lipinski definition) is 0. The number of nitrogens with zero attached hydrogens (tertiary/aromatic N) is 2. The Morgan fingerprint density at radius 1 is 1.22 bits per heavy atom. The van der Waals surface area contributed by atoms with E-state index in [1.54, 1.807) is 0 Å². The molecule has 9 heavy (non-hydrogen) atoms. The summed E-state index contributed by atoms with van der Waals surface area (Å²) in [5.74, 6) is 0. The van der Waals surface area contributed by atoms with Crippen LogP contribution in [-0.4, -0.2) is 36.7 Å². The van der Waals surface area contributed by atoms with Gasteiger partial charge >= 0.3 is 0 Å². The topological polar surface area (TPSA) is 6.48 Å². The van der Waals surface area contributed by atoms with Crippen LogP contribution >= 0.6 is 0 Å². The molecule has 0 fully saturated rings. The lowest BCUT2D eigenvalue weighted by molar-refractivity contribution is 0.00352. The Bertz CT molecular complexity index is 71.3. The number of rotatable bonds is 3. The molecule has 0 bridgehead atoms. The monoisotopic (exact) mass is 130 g/mol. The molecular formula is C7H18N2. The van der Waals surface area contributed by atoms with E-state index in [0.717, 1.165) is 6.54 Å². The van der Waals surface area contributed by atoms with Crippen molar-refractivity contribution in [1.82, 2.24) is 10.0 Å². The maximum Gasteiger partial charge on any atom is 0.0186 e. The zero-order valence-corrected chi connectivity index (χ0v) is 7.18. The number of hydrogen-bond acceptors (Lipinski definition) is 2. The molecule has 0 rings (SSSR count). The standard InChI is InChI=1S/C7H18N2/c1-6-8(4)9(5)7(2)3/h7H,6H2,1-5H3. The van der Waals surface area contributed by atoms with Crippen LogP contribution in [0.5, 0.6) is 0 Å². The molecular weight excluding hydrogens is 112 g/mol. The van der Waals surface area contributed by atoms with Gasteiger partial charge in [-0.3, -0.25) is 0 Å². The number of hydrazine groups is 1. The van der Waals surface area contributed by atoms with E-state index in [2.05, 4.69) is 44.9 Å². The largest absolute Gasteiger partial charge is 0.245 e. The van der Waals surface area contributed by atoms with E-state index in [9.17, 15) is 0 Å². The van der Waals surface area contributed by atoms with Gasteiger partial charge < -0.3 is 0 Å². The minimum Gasteiger partial charge on any atom is -0.245 e. The van der Waals surface area contributed by atoms with Crippen LogP contribution in [-0.2, 0) is 0 Å². The van der Waals surface area contributed by atoms with Gasteiger partial charge in [0.2, 0.25) is 0 Å². The third-order valence-corrected chi connectivity index (χ3v) is 1.74. The van der Waals surface area contributed by atoms with Crippen molar-refractivity contribution in [2.24, 2.45) is 0 Å². The van der Waals surface area contributed by atoms with E-state index in [4.69, 9.17) is 0 Å². The molecule has 0 atom stereocenters. The van der Waals surface area contributed by atoms with Crippen LogP contribution in [0.1, 0.15) is 20.8 Å². The van der Waals surface area contributed by atoms with E-state index in [0.29, 0.717) is 6.04 Å². The van der Waals surface area contributed by atoms with Gasteiger partial charge in [-0.15, -0.1) is 0 Å². The molecule has 0 radical (unpaired) electrons. The van der Waals surface area contributed by atoms with Crippen LogP contribution < -0.4 is 0 Å². The molecule has 0 aromatic carbocycles. The van der Waals surface area contributed by atoms with Crippen molar-refractivity contribution < 1.29 is 0 Å². The molecule has 2 heteroatoms. The SMILES string of the molecule is CCN(C)N(C)C(C)C. The Morgan fingerprint density at radius 2 is 1.67 bits per heavy atom. The van der Waals surface area contributed by atoms with E-state index in [-0.39, 0.29) is 0 Å². The van der Waals surface area contributed by atoms with Crippen molar-refractivity contribution in [3.63, 3.8) is 0 Å².